The average molecular weight is 324 g/mol. The van der Waals surface area contributed by atoms with Crippen molar-refractivity contribution in [2.75, 3.05) is 0 Å². The van der Waals surface area contributed by atoms with Gasteiger partial charge in [-0.1, -0.05) is 36.4 Å². The number of nitrogens with one attached hydrogen (secondary N) is 2. The Kier molecular flexibility index (Phi) is 4.48. The van der Waals surface area contributed by atoms with E-state index in [2.05, 4.69) is 24.4 Å². The number of benzene rings is 2. The van der Waals surface area contributed by atoms with E-state index in [4.69, 9.17) is 10.1 Å². The number of carbonyl (C=O) groups excluding carboxylic acids is 1. The molecule has 2 aromatic rings. The Morgan fingerprint density at radius 1 is 1.17 bits per heavy atom. The number of rotatable bonds is 4. The Morgan fingerprint density at radius 2 is 1.91 bits per heavy atom. The van der Waals surface area contributed by atoms with Gasteiger partial charge in [0.2, 0.25) is 0 Å². The van der Waals surface area contributed by atoms with E-state index in [1.54, 1.807) is 6.08 Å². The molecule has 1 saturated heterocycles. The molecule has 2 N–H and O–H groups in total. The summed E-state index contributed by atoms with van der Waals surface area (Å²) in [6.45, 7) is 2.60. The lowest BCUT2D eigenvalue weighted by atomic mass is 10.1. The number of amides is 1. The molecule has 0 saturated carbocycles. The third-order valence-electron chi connectivity index (χ3n) is 3.50. The number of amidine groups is 1. The summed E-state index contributed by atoms with van der Waals surface area (Å²) >= 11 is 1.13. The van der Waals surface area contributed by atoms with Gasteiger partial charge in [0.15, 0.2) is 5.17 Å². The van der Waals surface area contributed by atoms with Gasteiger partial charge in [0.25, 0.3) is 5.91 Å². The van der Waals surface area contributed by atoms with Crippen molar-refractivity contribution in [1.29, 1.82) is 5.41 Å². The van der Waals surface area contributed by atoms with Crippen LogP contribution in [0.1, 0.15) is 16.7 Å². The van der Waals surface area contributed by atoms with E-state index in [9.17, 15) is 4.79 Å². The Bertz CT molecular complexity index is 782. The summed E-state index contributed by atoms with van der Waals surface area (Å²) in [6, 6.07) is 15.7. The van der Waals surface area contributed by atoms with Crippen molar-refractivity contribution in [3.63, 3.8) is 0 Å². The van der Waals surface area contributed by atoms with Gasteiger partial charge < -0.3 is 10.1 Å². The molecule has 1 aliphatic rings. The maximum absolute atomic E-state index is 11.6. The quantitative estimate of drug-likeness (QED) is 0.843. The maximum Gasteiger partial charge on any atom is 0.264 e. The van der Waals surface area contributed by atoms with Gasteiger partial charge >= 0.3 is 0 Å². The van der Waals surface area contributed by atoms with Crippen LogP contribution in [0.25, 0.3) is 6.08 Å². The predicted molar refractivity (Wildman–Crippen MR) is 93.4 cm³/mol. The normalized spacial score (nSPS) is 15.8. The number of carbonyl (C=O) groups is 1. The van der Waals surface area contributed by atoms with E-state index in [1.807, 2.05) is 36.4 Å². The lowest BCUT2D eigenvalue weighted by molar-refractivity contribution is -0.115. The Labute approximate surface area is 139 Å². The summed E-state index contributed by atoms with van der Waals surface area (Å²) in [4.78, 5) is 12.1. The molecule has 0 atom stereocenters. The summed E-state index contributed by atoms with van der Waals surface area (Å²) in [5, 5.41) is 10.1. The van der Waals surface area contributed by atoms with E-state index >= 15 is 0 Å². The average Bonchev–Trinajstić information content (AvgIpc) is 2.85. The summed E-state index contributed by atoms with van der Waals surface area (Å²) in [5.41, 5.74) is 3.28. The van der Waals surface area contributed by atoms with Gasteiger partial charge in [-0.2, -0.15) is 0 Å². The number of ether oxygens (including phenoxy) is 1. The highest BCUT2D eigenvalue weighted by Gasteiger charge is 2.21. The van der Waals surface area contributed by atoms with Crippen molar-refractivity contribution in [1.82, 2.24) is 5.32 Å². The summed E-state index contributed by atoms with van der Waals surface area (Å²) in [7, 11) is 0. The predicted octanol–water partition coefficient (Wildman–Crippen LogP) is 3.71. The molecule has 0 aromatic heterocycles. The van der Waals surface area contributed by atoms with Crippen LogP contribution in [0.3, 0.4) is 0 Å². The van der Waals surface area contributed by atoms with Crippen molar-refractivity contribution in [3.05, 3.63) is 70.1 Å². The van der Waals surface area contributed by atoms with Gasteiger partial charge in [0, 0.05) is 0 Å². The Hall–Kier alpha value is -2.53. The second-order valence-electron chi connectivity index (χ2n) is 5.18. The van der Waals surface area contributed by atoms with Crippen LogP contribution in [0, 0.1) is 12.3 Å². The third-order valence-corrected chi connectivity index (χ3v) is 4.33. The minimum absolute atomic E-state index is 0.166. The first-order chi connectivity index (χ1) is 11.1. The van der Waals surface area contributed by atoms with Crippen molar-refractivity contribution in [2.45, 2.75) is 13.5 Å². The minimum atomic E-state index is -0.222. The van der Waals surface area contributed by atoms with Gasteiger partial charge in [-0.15, -0.1) is 0 Å². The SMILES string of the molecule is Cc1ccccc1COc1ccc(/C=C2\SC(=N)NC2=O)cc1. The molecule has 0 bridgehead atoms. The molecule has 0 unspecified atom stereocenters. The molecular weight excluding hydrogens is 308 g/mol. The zero-order valence-corrected chi connectivity index (χ0v) is 13.4. The van der Waals surface area contributed by atoms with Crippen LogP contribution in [0.4, 0.5) is 0 Å². The van der Waals surface area contributed by atoms with E-state index in [0.717, 1.165) is 28.6 Å². The number of hydrogen-bond acceptors (Lipinski definition) is 4. The molecule has 2 aromatic carbocycles. The second kappa shape index (κ2) is 6.71. The molecule has 4 nitrogen and oxygen atoms in total. The number of aryl methyl sites for hydroxylation is 1. The van der Waals surface area contributed by atoms with Gasteiger partial charge in [-0.05, 0) is 53.6 Å². The van der Waals surface area contributed by atoms with Gasteiger partial charge in [-0.25, -0.2) is 0 Å². The first kappa shape index (κ1) is 15.4. The zero-order chi connectivity index (χ0) is 16.2. The van der Waals surface area contributed by atoms with Crippen LogP contribution in [0.5, 0.6) is 5.75 Å². The smallest absolute Gasteiger partial charge is 0.264 e. The van der Waals surface area contributed by atoms with Crippen LogP contribution < -0.4 is 10.1 Å². The summed E-state index contributed by atoms with van der Waals surface area (Å²) < 4.78 is 5.80. The molecule has 0 aliphatic carbocycles. The van der Waals surface area contributed by atoms with Crippen molar-refractivity contribution in [3.8, 4) is 5.75 Å². The van der Waals surface area contributed by atoms with E-state index < -0.39 is 0 Å². The van der Waals surface area contributed by atoms with E-state index in [0.29, 0.717) is 11.5 Å². The first-order valence-corrected chi connectivity index (χ1v) is 8.00. The van der Waals surface area contributed by atoms with Crippen LogP contribution in [-0.2, 0) is 11.4 Å². The molecule has 1 amide bonds. The number of hydrogen-bond donors (Lipinski definition) is 2. The van der Waals surface area contributed by atoms with Crippen molar-refractivity contribution in [2.24, 2.45) is 0 Å². The largest absolute Gasteiger partial charge is 0.489 e. The van der Waals surface area contributed by atoms with E-state index in [1.165, 1.54) is 5.56 Å². The van der Waals surface area contributed by atoms with Crippen LogP contribution in [-0.4, -0.2) is 11.1 Å². The van der Waals surface area contributed by atoms with Crippen LogP contribution in [0.15, 0.2) is 53.4 Å². The highest BCUT2D eigenvalue weighted by atomic mass is 32.2. The molecule has 0 radical (unpaired) electrons. The molecule has 23 heavy (non-hydrogen) atoms. The lowest BCUT2D eigenvalue weighted by Gasteiger charge is -2.08. The van der Waals surface area contributed by atoms with Gasteiger partial charge in [0.1, 0.15) is 12.4 Å². The minimum Gasteiger partial charge on any atom is -0.489 e. The molecule has 116 valence electrons. The molecule has 5 heteroatoms. The summed E-state index contributed by atoms with van der Waals surface area (Å²) in [6.07, 6.45) is 1.77. The van der Waals surface area contributed by atoms with Crippen LogP contribution in [0.2, 0.25) is 0 Å². The molecule has 3 rings (SSSR count). The molecule has 1 heterocycles. The monoisotopic (exact) mass is 324 g/mol. The molecule has 1 fully saturated rings. The van der Waals surface area contributed by atoms with Crippen molar-refractivity contribution >= 4 is 28.9 Å². The summed E-state index contributed by atoms with van der Waals surface area (Å²) in [5.74, 6) is 0.562. The highest BCUT2D eigenvalue weighted by Crippen LogP contribution is 2.25. The van der Waals surface area contributed by atoms with Crippen LogP contribution >= 0.6 is 11.8 Å². The fourth-order valence-electron chi connectivity index (χ4n) is 2.19. The fraction of sp³-hybridized carbons (Fsp3) is 0.111. The highest BCUT2D eigenvalue weighted by molar-refractivity contribution is 8.18. The topological polar surface area (TPSA) is 62.2 Å². The van der Waals surface area contributed by atoms with Crippen molar-refractivity contribution < 1.29 is 9.53 Å². The second-order valence-corrected chi connectivity index (χ2v) is 6.23. The first-order valence-electron chi connectivity index (χ1n) is 7.18. The Balaban J connectivity index is 1.66. The Morgan fingerprint density at radius 3 is 2.57 bits per heavy atom. The fourth-order valence-corrected chi connectivity index (χ4v) is 2.89. The third kappa shape index (κ3) is 3.81. The van der Waals surface area contributed by atoms with Gasteiger partial charge in [-0.3, -0.25) is 10.2 Å². The zero-order valence-electron chi connectivity index (χ0n) is 12.6. The lowest BCUT2D eigenvalue weighted by Crippen LogP contribution is -2.18. The molecule has 0 spiro atoms. The standard InChI is InChI=1S/C18H16N2O2S/c1-12-4-2-3-5-14(12)11-22-15-8-6-13(7-9-15)10-16-17(21)20-18(19)23-16/h2-10H,11H2,1H3,(H2,19,20,21)/b16-10-. The van der Waals surface area contributed by atoms with Gasteiger partial charge in [0.05, 0.1) is 4.91 Å². The van der Waals surface area contributed by atoms with E-state index in [-0.39, 0.29) is 11.1 Å². The maximum atomic E-state index is 11.6. The molecular formula is C18H16N2O2S. The molecule has 1 aliphatic heterocycles. The number of thioether (sulfide) groups is 1.